The summed E-state index contributed by atoms with van der Waals surface area (Å²) < 4.78 is 27.2. The van der Waals surface area contributed by atoms with E-state index in [1.165, 1.54) is 5.56 Å². The fourth-order valence-corrected chi connectivity index (χ4v) is 3.54. The van der Waals surface area contributed by atoms with Gasteiger partial charge in [-0.25, -0.2) is 8.42 Å². The lowest BCUT2D eigenvalue weighted by Crippen LogP contribution is -2.13. The van der Waals surface area contributed by atoms with Gasteiger partial charge < -0.3 is 0 Å². The molecule has 0 bridgehead atoms. The van der Waals surface area contributed by atoms with Gasteiger partial charge in [-0.3, -0.25) is 4.72 Å². The van der Waals surface area contributed by atoms with Crippen LogP contribution in [-0.4, -0.2) is 8.42 Å². The highest BCUT2D eigenvalue weighted by Gasteiger charge is 2.18. The SMILES string of the molecule is O=S(=O)(Nc1ccccc1)c1ccc2c(c1)CCC2. The first-order valence-corrected chi connectivity index (χ1v) is 7.83. The van der Waals surface area contributed by atoms with E-state index >= 15 is 0 Å². The number of rotatable bonds is 3. The summed E-state index contributed by atoms with van der Waals surface area (Å²) in [6.45, 7) is 0. The molecule has 1 N–H and O–H groups in total. The maximum absolute atomic E-state index is 12.3. The van der Waals surface area contributed by atoms with E-state index in [1.807, 2.05) is 12.1 Å². The Morgan fingerprint density at radius 1 is 0.895 bits per heavy atom. The predicted molar refractivity (Wildman–Crippen MR) is 75.7 cm³/mol. The average Bonchev–Trinajstić information content (AvgIpc) is 2.86. The zero-order valence-electron chi connectivity index (χ0n) is 10.5. The van der Waals surface area contributed by atoms with E-state index in [0.717, 1.165) is 24.8 Å². The van der Waals surface area contributed by atoms with Gasteiger partial charge in [-0.1, -0.05) is 24.3 Å². The zero-order valence-corrected chi connectivity index (χ0v) is 11.3. The summed E-state index contributed by atoms with van der Waals surface area (Å²) in [5.41, 5.74) is 3.03. The Hall–Kier alpha value is -1.81. The quantitative estimate of drug-likeness (QED) is 0.934. The molecule has 2 aromatic rings. The van der Waals surface area contributed by atoms with Crippen molar-refractivity contribution < 1.29 is 8.42 Å². The van der Waals surface area contributed by atoms with Crippen LogP contribution < -0.4 is 4.72 Å². The first kappa shape index (κ1) is 12.2. The number of benzene rings is 2. The van der Waals surface area contributed by atoms with Gasteiger partial charge in [0.1, 0.15) is 0 Å². The molecule has 3 rings (SSSR count). The topological polar surface area (TPSA) is 46.2 Å². The molecule has 2 aromatic carbocycles. The highest BCUT2D eigenvalue weighted by Crippen LogP contribution is 2.25. The Bertz CT molecular complexity index is 693. The van der Waals surface area contributed by atoms with Crippen molar-refractivity contribution in [2.75, 3.05) is 4.72 Å². The maximum atomic E-state index is 12.3. The van der Waals surface area contributed by atoms with Crippen molar-refractivity contribution in [3.8, 4) is 0 Å². The molecule has 0 heterocycles. The third-order valence-corrected chi connectivity index (χ3v) is 4.79. The molecule has 0 aromatic heterocycles. The van der Waals surface area contributed by atoms with E-state index < -0.39 is 10.0 Å². The molecular formula is C15H15NO2S. The Labute approximate surface area is 113 Å². The van der Waals surface area contributed by atoms with Crippen LogP contribution in [0.15, 0.2) is 53.4 Å². The normalized spacial score (nSPS) is 14.1. The second kappa shape index (κ2) is 4.70. The molecule has 1 aliphatic rings. The maximum Gasteiger partial charge on any atom is 0.261 e. The number of hydrogen-bond donors (Lipinski definition) is 1. The lowest BCUT2D eigenvalue weighted by Gasteiger charge is -2.09. The number of hydrogen-bond acceptors (Lipinski definition) is 2. The summed E-state index contributed by atoms with van der Waals surface area (Å²) in [5.74, 6) is 0. The van der Waals surface area contributed by atoms with Gasteiger partial charge in [-0.05, 0) is 54.7 Å². The Morgan fingerprint density at radius 3 is 2.42 bits per heavy atom. The number of nitrogens with one attached hydrogen (secondary N) is 1. The molecule has 0 fully saturated rings. The molecule has 0 saturated carbocycles. The fourth-order valence-electron chi connectivity index (χ4n) is 2.44. The number of sulfonamides is 1. The first-order valence-electron chi connectivity index (χ1n) is 6.35. The second-order valence-electron chi connectivity index (χ2n) is 4.76. The molecule has 0 saturated heterocycles. The highest BCUT2D eigenvalue weighted by molar-refractivity contribution is 7.92. The summed E-state index contributed by atoms with van der Waals surface area (Å²) in [6, 6.07) is 14.4. The van der Waals surface area contributed by atoms with Crippen molar-refractivity contribution in [3.63, 3.8) is 0 Å². The van der Waals surface area contributed by atoms with E-state index in [9.17, 15) is 8.42 Å². The molecule has 0 spiro atoms. The Balaban J connectivity index is 1.92. The standard InChI is InChI=1S/C15H15NO2S/c17-19(18,16-14-7-2-1-3-8-14)15-10-9-12-5-4-6-13(12)11-15/h1-3,7-11,16H,4-6H2. The molecule has 0 aliphatic heterocycles. The van der Waals surface area contributed by atoms with Gasteiger partial charge in [0, 0.05) is 5.69 Å². The third-order valence-electron chi connectivity index (χ3n) is 3.41. The second-order valence-corrected chi connectivity index (χ2v) is 6.44. The minimum absolute atomic E-state index is 0.344. The third kappa shape index (κ3) is 2.49. The van der Waals surface area contributed by atoms with E-state index in [-0.39, 0.29) is 0 Å². The van der Waals surface area contributed by atoms with Crippen molar-refractivity contribution in [2.45, 2.75) is 24.2 Å². The summed E-state index contributed by atoms with van der Waals surface area (Å²) in [5, 5.41) is 0. The highest BCUT2D eigenvalue weighted by atomic mass is 32.2. The largest absolute Gasteiger partial charge is 0.280 e. The van der Waals surface area contributed by atoms with Crippen LogP contribution in [0.25, 0.3) is 0 Å². The molecular weight excluding hydrogens is 258 g/mol. The van der Waals surface area contributed by atoms with E-state index in [1.54, 1.807) is 36.4 Å². The minimum atomic E-state index is -3.48. The molecule has 0 atom stereocenters. The molecule has 3 nitrogen and oxygen atoms in total. The molecule has 0 radical (unpaired) electrons. The van der Waals surface area contributed by atoms with Gasteiger partial charge in [0.05, 0.1) is 4.90 Å². The van der Waals surface area contributed by atoms with Crippen LogP contribution in [0.4, 0.5) is 5.69 Å². The lowest BCUT2D eigenvalue weighted by atomic mass is 10.1. The summed E-state index contributed by atoms with van der Waals surface area (Å²) in [6.07, 6.45) is 3.15. The first-order chi connectivity index (χ1) is 9.15. The Kier molecular flexibility index (Phi) is 3.03. The van der Waals surface area contributed by atoms with Crippen LogP contribution in [0.3, 0.4) is 0 Å². The van der Waals surface area contributed by atoms with Gasteiger partial charge in [0.25, 0.3) is 10.0 Å². The summed E-state index contributed by atoms with van der Waals surface area (Å²) >= 11 is 0. The van der Waals surface area contributed by atoms with Crippen LogP contribution in [-0.2, 0) is 22.9 Å². The number of aryl methyl sites for hydroxylation is 2. The van der Waals surface area contributed by atoms with Gasteiger partial charge in [-0.15, -0.1) is 0 Å². The van der Waals surface area contributed by atoms with Crippen molar-refractivity contribution in [2.24, 2.45) is 0 Å². The van der Waals surface area contributed by atoms with E-state index in [4.69, 9.17) is 0 Å². The summed E-state index contributed by atoms with van der Waals surface area (Å²) in [4.78, 5) is 0.344. The van der Waals surface area contributed by atoms with Gasteiger partial charge >= 0.3 is 0 Å². The van der Waals surface area contributed by atoms with Crippen LogP contribution >= 0.6 is 0 Å². The molecule has 1 aliphatic carbocycles. The van der Waals surface area contributed by atoms with Gasteiger partial charge in [0.15, 0.2) is 0 Å². The zero-order chi connectivity index (χ0) is 13.3. The van der Waals surface area contributed by atoms with Crippen LogP contribution in [0, 0.1) is 0 Å². The van der Waals surface area contributed by atoms with Crippen molar-refractivity contribution in [3.05, 3.63) is 59.7 Å². The molecule has 4 heteroatoms. The van der Waals surface area contributed by atoms with Crippen molar-refractivity contribution in [1.82, 2.24) is 0 Å². The average molecular weight is 273 g/mol. The molecule has 98 valence electrons. The molecule has 0 unspecified atom stereocenters. The predicted octanol–water partition coefficient (Wildman–Crippen LogP) is 2.98. The Morgan fingerprint density at radius 2 is 1.63 bits per heavy atom. The minimum Gasteiger partial charge on any atom is -0.280 e. The molecule has 0 amide bonds. The molecule has 19 heavy (non-hydrogen) atoms. The number of fused-ring (bicyclic) bond motifs is 1. The van der Waals surface area contributed by atoms with Crippen LogP contribution in [0.1, 0.15) is 17.5 Å². The smallest absolute Gasteiger partial charge is 0.261 e. The van der Waals surface area contributed by atoms with Gasteiger partial charge in [0.2, 0.25) is 0 Å². The van der Waals surface area contributed by atoms with E-state index in [0.29, 0.717) is 10.6 Å². The monoisotopic (exact) mass is 273 g/mol. The summed E-state index contributed by atoms with van der Waals surface area (Å²) in [7, 11) is -3.48. The van der Waals surface area contributed by atoms with Crippen molar-refractivity contribution >= 4 is 15.7 Å². The van der Waals surface area contributed by atoms with Crippen molar-refractivity contribution in [1.29, 1.82) is 0 Å². The number of para-hydroxylation sites is 1. The fraction of sp³-hybridized carbons (Fsp3) is 0.200. The van der Waals surface area contributed by atoms with Crippen LogP contribution in [0.5, 0.6) is 0 Å². The van der Waals surface area contributed by atoms with E-state index in [2.05, 4.69) is 4.72 Å². The van der Waals surface area contributed by atoms with Gasteiger partial charge in [-0.2, -0.15) is 0 Å². The number of anilines is 1. The van der Waals surface area contributed by atoms with Crippen LogP contribution in [0.2, 0.25) is 0 Å². The lowest BCUT2D eigenvalue weighted by molar-refractivity contribution is 0.601.